The molecule has 1 fully saturated rings. The lowest BCUT2D eigenvalue weighted by molar-refractivity contribution is -0.147. The van der Waals surface area contributed by atoms with Gasteiger partial charge in [-0.1, -0.05) is 0 Å². The molecule has 0 radical (unpaired) electrons. The maximum Gasteiger partial charge on any atom is 0.239 e. The van der Waals surface area contributed by atoms with Gasteiger partial charge in [-0.15, -0.1) is 0 Å². The number of halogens is 2. The Morgan fingerprint density at radius 3 is 2.42 bits per heavy atom. The molecule has 1 N–H and O–H groups in total. The maximum absolute atomic E-state index is 13.3. The van der Waals surface area contributed by atoms with Gasteiger partial charge in [-0.25, -0.2) is 17.2 Å². The van der Waals surface area contributed by atoms with Gasteiger partial charge in [0.2, 0.25) is 11.8 Å². The first-order chi connectivity index (χ1) is 12.0. The Labute approximate surface area is 151 Å². The van der Waals surface area contributed by atoms with E-state index in [1.807, 2.05) is 0 Å². The second-order valence-electron chi connectivity index (χ2n) is 6.86. The van der Waals surface area contributed by atoms with Crippen molar-refractivity contribution in [3.05, 3.63) is 29.8 Å². The van der Waals surface area contributed by atoms with Crippen molar-refractivity contribution < 1.29 is 26.8 Å². The highest BCUT2D eigenvalue weighted by atomic mass is 32.2. The molecule has 0 aromatic heterocycles. The molecule has 1 aliphatic rings. The lowest BCUT2D eigenvalue weighted by Crippen LogP contribution is -2.51. The van der Waals surface area contributed by atoms with E-state index in [1.165, 1.54) is 24.8 Å². The van der Waals surface area contributed by atoms with Gasteiger partial charge >= 0.3 is 0 Å². The first kappa shape index (κ1) is 20.3. The second-order valence-corrected chi connectivity index (χ2v) is 9.08. The van der Waals surface area contributed by atoms with Crippen LogP contribution in [0.3, 0.4) is 0 Å². The van der Waals surface area contributed by atoms with Gasteiger partial charge in [0.25, 0.3) is 0 Å². The van der Waals surface area contributed by atoms with Crippen LogP contribution in [0.15, 0.2) is 18.2 Å². The Balaban J connectivity index is 2.16. The predicted octanol–water partition coefficient (Wildman–Crippen LogP) is 1.97. The highest BCUT2D eigenvalue weighted by Gasteiger charge is 2.43. The molecule has 1 atom stereocenters. The lowest BCUT2D eigenvalue weighted by atomic mass is 9.89. The average Bonchev–Trinajstić information content (AvgIpc) is 2.91. The molecule has 1 heterocycles. The summed E-state index contributed by atoms with van der Waals surface area (Å²) in [5, 5.41) is 2.41. The van der Waals surface area contributed by atoms with Crippen LogP contribution in [0.2, 0.25) is 0 Å². The monoisotopic (exact) mass is 388 g/mol. The third-order valence-electron chi connectivity index (χ3n) is 4.53. The van der Waals surface area contributed by atoms with E-state index in [9.17, 15) is 26.8 Å². The minimum atomic E-state index is -3.18. The van der Waals surface area contributed by atoms with Crippen molar-refractivity contribution in [2.24, 2.45) is 5.41 Å². The van der Waals surface area contributed by atoms with Crippen molar-refractivity contribution >= 4 is 27.3 Å². The van der Waals surface area contributed by atoms with E-state index in [4.69, 9.17) is 0 Å². The number of amides is 2. The van der Waals surface area contributed by atoms with Gasteiger partial charge in [-0.05, 0) is 39.3 Å². The van der Waals surface area contributed by atoms with Crippen molar-refractivity contribution in [2.45, 2.75) is 33.2 Å². The fourth-order valence-electron chi connectivity index (χ4n) is 2.91. The Morgan fingerprint density at radius 1 is 1.27 bits per heavy atom. The van der Waals surface area contributed by atoms with Gasteiger partial charge < -0.3 is 10.2 Å². The number of anilines is 1. The SMILES string of the molecule is CCN(C(=O)C(C)(C)C(=O)Nc1ccc(F)c(F)c1)C1CCS(=O)(=O)C1. The normalized spacial score (nSPS) is 19.2. The summed E-state index contributed by atoms with van der Waals surface area (Å²) in [7, 11) is -3.18. The fourth-order valence-corrected chi connectivity index (χ4v) is 4.64. The summed E-state index contributed by atoms with van der Waals surface area (Å²) in [6.07, 6.45) is 0.336. The van der Waals surface area contributed by atoms with E-state index in [0.29, 0.717) is 6.42 Å². The average molecular weight is 388 g/mol. The topological polar surface area (TPSA) is 83.6 Å². The summed E-state index contributed by atoms with van der Waals surface area (Å²) in [5.41, 5.74) is -1.48. The summed E-state index contributed by atoms with van der Waals surface area (Å²) < 4.78 is 49.6. The number of hydrogen-bond acceptors (Lipinski definition) is 4. The van der Waals surface area contributed by atoms with Crippen LogP contribution in [-0.4, -0.2) is 49.2 Å². The minimum Gasteiger partial charge on any atom is -0.338 e. The van der Waals surface area contributed by atoms with Gasteiger partial charge in [0.15, 0.2) is 21.5 Å². The number of sulfone groups is 1. The van der Waals surface area contributed by atoms with Crippen LogP contribution < -0.4 is 5.32 Å². The molecule has 2 amide bonds. The quantitative estimate of drug-likeness (QED) is 0.782. The standard InChI is InChI=1S/C17H22F2N2O4S/c1-4-21(12-7-8-26(24,25)10-12)16(23)17(2,3)15(22)20-11-5-6-13(18)14(19)9-11/h5-6,9,12H,4,7-8,10H2,1-3H3,(H,20,22). The number of nitrogens with one attached hydrogen (secondary N) is 1. The number of hydrogen-bond donors (Lipinski definition) is 1. The molecule has 0 bridgehead atoms. The summed E-state index contributed by atoms with van der Waals surface area (Å²) in [6, 6.07) is 2.43. The van der Waals surface area contributed by atoms with E-state index in [0.717, 1.165) is 12.1 Å². The van der Waals surface area contributed by atoms with E-state index in [-0.39, 0.29) is 23.7 Å². The molecule has 0 saturated carbocycles. The van der Waals surface area contributed by atoms with Crippen molar-refractivity contribution in [3.8, 4) is 0 Å². The maximum atomic E-state index is 13.3. The van der Waals surface area contributed by atoms with Crippen LogP contribution >= 0.6 is 0 Å². The van der Waals surface area contributed by atoms with Crippen LogP contribution in [0.25, 0.3) is 0 Å². The number of carbonyl (C=O) groups excluding carboxylic acids is 2. The number of carbonyl (C=O) groups is 2. The molecule has 1 aliphatic heterocycles. The van der Waals surface area contributed by atoms with Crippen molar-refractivity contribution in [3.63, 3.8) is 0 Å². The number of benzene rings is 1. The first-order valence-electron chi connectivity index (χ1n) is 8.26. The van der Waals surface area contributed by atoms with Crippen molar-refractivity contribution in [1.82, 2.24) is 4.90 Å². The number of rotatable bonds is 5. The second kappa shape index (κ2) is 7.30. The summed E-state index contributed by atoms with van der Waals surface area (Å²) >= 11 is 0. The molecular formula is C17H22F2N2O4S. The Morgan fingerprint density at radius 2 is 1.92 bits per heavy atom. The van der Waals surface area contributed by atoms with Gasteiger partial charge in [-0.3, -0.25) is 9.59 Å². The third kappa shape index (κ3) is 4.20. The molecule has 26 heavy (non-hydrogen) atoms. The summed E-state index contributed by atoms with van der Waals surface area (Å²) in [5.74, 6) is -3.46. The van der Waals surface area contributed by atoms with E-state index in [1.54, 1.807) is 6.92 Å². The van der Waals surface area contributed by atoms with Gasteiger partial charge in [0, 0.05) is 24.3 Å². The van der Waals surface area contributed by atoms with E-state index >= 15 is 0 Å². The Kier molecular flexibility index (Phi) is 5.70. The summed E-state index contributed by atoms with van der Waals surface area (Å²) in [4.78, 5) is 26.8. The fraction of sp³-hybridized carbons (Fsp3) is 0.529. The molecule has 1 aromatic rings. The van der Waals surface area contributed by atoms with Crippen LogP contribution in [-0.2, 0) is 19.4 Å². The zero-order valence-electron chi connectivity index (χ0n) is 14.9. The van der Waals surface area contributed by atoms with Crippen LogP contribution in [0.1, 0.15) is 27.2 Å². The molecule has 2 rings (SSSR count). The zero-order chi connectivity index (χ0) is 19.7. The lowest BCUT2D eigenvalue weighted by Gasteiger charge is -2.34. The zero-order valence-corrected chi connectivity index (χ0v) is 15.7. The van der Waals surface area contributed by atoms with E-state index < -0.39 is 44.7 Å². The largest absolute Gasteiger partial charge is 0.338 e. The molecule has 1 aromatic carbocycles. The molecule has 0 aliphatic carbocycles. The minimum absolute atomic E-state index is 0.0168. The molecule has 1 saturated heterocycles. The van der Waals surface area contributed by atoms with Crippen LogP contribution in [0.5, 0.6) is 0 Å². The molecular weight excluding hydrogens is 366 g/mol. The van der Waals surface area contributed by atoms with E-state index in [2.05, 4.69) is 5.32 Å². The van der Waals surface area contributed by atoms with Gasteiger partial charge in [0.1, 0.15) is 5.41 Å². The Bertz CT molecular complexity index is 824. The van der Waals surface area contributed by atoms with Crippen LogP contribution in [0.4, 0.5) is 14.5 Å². The predicted molar refractivity (Wildman–Crippen MR) is 93.2 cm³/mol. The third-order valence-corrected chi connectivity index (χ3v) is 6.28. The molecule has 0 spiro atoms. The van der Waals surface area contributed by atoms with Crippen LogP contribution in [0, 0.1) is 17.0 Å². The van der Waals surface area contributed by atoms with Gasteiger partial charge in [0.05, 0.1) is 11.5 Å². The summed E-state index contributed by atoms with van der Waals surface area (Å²) in [6.45, 7) is 4.81. The first-order valence-corrected chi connectivity index (χ1v) is 10.1. The Hall–Kier alpha value is -2.03. The number of nitrogens with zero attached hydrogens (tertiary/aromatic N) is 1. The molecule has 6 nitrogen and oxygen atoms in total. The molecule has 144 valence electrons. The van der Waals surface area contributed by atoms with Crippen molar-refractivity contribution in [1.29, 1.82) is 0 Å². The van der Waals surface area contributed by atoms with Crippen molar-refractivity contribution in [2.75, 3.05) is 23.4 Å². The highest BCUT2D eigenvalue weighted by molar-refractivity contribution is 7.91. The van der Waals surface area contributed by atoms with Gasteiger partial charge in [-0.2, -0.15) is 0 Å². The smallest absolute Gasteiger partial charge is 0.239 e. The highest BCUT2D eigenvalue weighted by Crippen LogP contribution is 2.27. The molecule has 1 unspecified atom stereocenters. The molecule has 9 heteroatoms.